The number of carbonyl (C=O) groups is 1. The Morgan fingerprint density at radius 1 is 1.08 bits per heavy atom. The first-order valence-corrected chi connectivity index (χ1v) is 9.02. The molecule has 6 nitrogen and oxygen atoms in total. The van der Waals surface area contributed by atoms with E-state index >= 15 is 0 Å². The average molecular weight is 377 g/mol. The van der Waals surface area contributed by atoms with Crippen LogP contribution in [0.2, 0.25) is 5.02 Å². The summed E-state index contributed by atoms with van der Waals surface area (Å²) in [6.45, 7) is 1.71. The molecular formula is C17H13ClN2O4S. The summed E-state index contributed by atoms with van der Waals surface area (Å²) in [5.74, 6) is -0.327. The van der Waals surface area contributed by atoms with Gasteiger partial charge in [0.2, 0.25) is 0 Å². The maximum atomic E-state index is 12.6. The minimum Gasteiger partial charge on any atom is -0.282 e. The van der Waals surface area contributed by atoms with Gasteiger partial charge in [0.05, 0.1) is 21.9 Å². The Hall–Kier alpha value is -2.48. The number of carbonyl (C=O) groups excluding carboxylic acids is 1. The molecule has 0 unspecified atom stereocenters. The molecule has 25 heavy (non-hydrogen) atoms. The fourth-order valence-electron chi connectivity index (χ4n) is 2.34. The van der Waals surface area contributed by atoms with Crippen LogP contribution in [0.1, 0.15) is 12.5 Å². The molecule has 8 heteroatoms. The maximum Gasteiger partial charge on any atom is 0.294 e. The van der Waals surface area contributed by atoms with Crippen LogP contribution in [-0.4, -0.2) is 24.6 Å². The Morgan fingerprint density at radius 3 is 2.24 bits per heavy atom. The minimum atomic E-state index is -4.28. The zero-order valence-corrected chi connectivity index (χ0v) is 14.6. The van der Waals surface area contributed by atoms with Gasteiger partial charge in [0, 0.05) is 5.02 Å². The lowest BCUT2D eigenvalue weighted by Gasteiger charge is -2.12. The van der Waals surface area contributed by atoms with Crippen LogP contribution in [0.15, 0.2) is 64.1 Å². The van der Waals surface area contributed by atoms with Gasteiger partial charge < -0.3 is 0 Å². The number of amides is 1. The summed E-state index contributed by atoms with van der Waals surface area (Å²) in [6, 6.07) is 12.3. The minimum absolute atomic E-state index is 0.250. The molecule has 1 aliphatic rings. The number of anilines is 1. The molecule has 0 aliphatic carbocycles. The van der Waals surface area contributed by atoms with Crippen molar-refractivity contribution in [3.63, 3.8) is 0 Å². The van der Waals surface area contributed by atoms with E-state index in [4.69, 9.17) is 16.2 Å². The van der Waals surface area contributed by atoms with E-state index in [0.717, 1.165) is 5.56 Å². The van der Waals surface area contributed by atoms with Crippen LogP contribution < -0.4 is 5.01 Å². The van der Waals surface area contributed by atoms with E-state index in [1.54, 1.807) is 37.3 Å². The zero-order valence-electron chi connectivity index (χ0n) is 13.0. The summed E-state index contributed by atoms with van der Waals surface area (Å²) in [6.07, 6.45) is 1.71. The Balaban J connectivity index is 1.91. The Bertz CT molecular complexity index is 994. The topological polar surface area (TPSA) is 87.0 Å². The first kappa shape index (κ1) is 17.3. The van der Waals surface area contributed by atoms with Gasteiger partial charge >= 0.3 is 0 Å². The lowest BCUT2D eigenvalue weighted by atomic mass is 10.1. The van der Waals surface area contributed by atoms with Gasteiger partial charge in [-0.3, -0.25) is 9.35 Å². The lowest BCUT2D eigenvalue weighted by Crippen LogP contribution is -2.21. The quantitative estimate of drug-likeness (QED) is 0.657. The van der Waals surface area contributed by atoms with Crippen molar-refractivity contribution >= 4 is 45.1 Å². The van der Waals surface area contributed by atoms with Gasteiger partial charge in [-0.15, -0.1) is 0 Å². The third kappa shape index (κ3) is 3.63. The van der Waals surface area contributed by atoms with Crippen LogP contribution in [0.5, 0.6) is 0 Å². The molecule has 0 saturated carbocycles. The van der Waals surface area contributed by atoms with Gasteiger partial charge in [-0.25, -0.2) is 0 Å². The standard InChI is InChI=1S/C17H13ClN2O4S/c1-11-16(10-12-2-4-13(18)5-3-12)17(21)20(19-11)14-6-8-15(9-7-14)25(22,23)24/h2-10H,1H3,(H,22,23,24). The molecule has 1 N–H and O–H groups in total. The zero-order chi connectivity index (χ0) is 18.2. The molecule has 0 fully saturated rings. The highest BCUT2D eigenvalue weighted by atomic mass is 35.5. The smallest absolute Gasteiger partial charge is 0.282 e. The number of rotatable bonds is 3. The second-order valence-electron chi connectivity index (χ2n) is 5.38. The van der Waals surface area contributed by atoms with Crippen LogP contribution in [0, 0.1) is 0 Å². The van der Waals surface area contributed by atoms with E-state index in [2.05, 4.69) is 5.10 Å². The normalized spacial score (nSPS) is 16.4. The number of nitrogens with zero attached hydrogens (tertiary/aromatic N) is 2. The molecule has 1 aliphatic heterocycles. The second kappa shape index (κ2) is 6.44. The molecule has 0 radical (unpaired) electrons. The van der Waals surface area contributed by atoms with Gasteiger partial charge in [0.1, 0.15) is 0 Å². The van der Waals surface area contributed by atoms with Gasteiger partial charge in [0.15, 0.2) is 0 Å². The Morgan fingerprint density at radius 2 is 1.68 bits per heavy atom. The molecule has 1 amide bonds. The van der Waals surface area contributed by atoms with E-state index in [-0.39, 0.29) is 10.8 Å². The fraction of sp³-hybridized carbons (Fsp3) is 0.0588. The number of hydrogen-bond donors (Lipinski definition) is 1. The van der Waals surface area contributed by atoms with Crippen molar-refractivity contribution in [2.45, 2.75) is 11.8 Å². The summed E-state index contributed by atoms with van der Waals surface area (Å²) in [7, 11) is -4.28. The van der Waals surface area contributed by atoms with Gasteiger partial charge in [-0.1, -0.05) is 23.7 Å². The van der Waals surface area contributed by atoms with Gasteiger partial charge in [-0.2, -0.15) is 18.5 Å². The molecule has 2 aromatic rings. The van der Waals surface area contributed by atoms with E-state index < -0.39 is 10.1 Å². The summed E-state index contributed by atoms with van der Waals surface area (Å²) in [5, 5.41) is 6.01. The first-order chi connectivity index (χ1) is 11.8. The molecule has 1 heterocycles. The third-order valence-corrected chi connectivity index (χ3v) is 4.74. The highest BCUT2D eigenvalue weighted by Gasteiger charge is 2.28. The van der Waals surface area contributed by atoms with Crippen LogP contribution in [0.25, 0.3) is 6.08 Å². The summed E-state index contributed by atoms with van der Waals surface area (Å²) < 4.78 is 31.2. The highest BCUT2D eigenvalue weighted by molar-refractivity contribution is 7.85. The summed E-state index contributed by atoms with van der Waals surface area (Å²) in [5.41, 5.74) is 2.18. The highest BCUT2D eigenvalue weighted by Crippen LogP contribution is 2.26. The SMILES string of the molecule is CC1=NN(c2ccc(S(=O)(=O)O)cc2)C(=O)C1=Cc1ccc(Cl)cc1. The Labute approximate surface area is 149 Å². The summed E-state index contributed by atoms with van der Waals surface area (Å²) in [4.78, 5) is 12.4. The lowest BCUT2D eigenvalue weighted by molar-refractivity contribution is -0.114. The van der Waals surface area contributed by atoms with Crippen LogP contribution >= 0.6 is 11.6 Å². The van der Waals surface area contributed by atoms with Crippen molar-refractivity contribution in [2.24, 2.45) is 5.10 Å². The monoisotopic (exact) mass is 376 g/mol. The first-order valence-electron chi connectivity index (χ1n) is 7.20. The largest absolute Gasteiger partial charge is 0.294 e. The molecule has 0 bridgehead atoms. The van der Waals surface area contributed by atoms with Crippen LogP contribution in [0.4, 0.5) is 5.69 Å². The number of hydrazone groups is 1. The number of hydrogen-bond acceptors (Lipinski definition) is 4. The summed E-state index contributed by atoms with van der Waals surface area (Å²) >= 11 is 5.85. The van der Waals surface area contributed by atoms with Crippen LogP contribution in [0.3, 0.4) is 0 Å². The van der Waals surface area contributed by atoms with E-state index in [1.165, 1.54) is 29.3 Å². The Kier molecular flexibility index (Phi) is 4.47. The van der Waals surface area contributed by atoms with Crippen molar-refractivity contribution in [3.8, 4) is 0 Å². The number of benzene rings is 2. The van der Waals surface area contributed by atoms with Crippen LogP contribution in [-0.2, 0) is 14.9 Å². The predicted molar refractivity (Wildman–Crippen MR) is 96.3 cm³/mol. The van der Waals surface area contributed by atoms with Crippen molar-refractivity contribution < 1.29 is 17.8 Å². The number of halogens is 1. The molecule has 3 rings (SSSR count). The molecule has 0 saturated heterocycles. The molecule has 128 valence electrons. The van der Waals surface area contributed by atoms with Gasteiger partial charge in [-0.05, 0) is 55.0 Å². The fourth-order valence-corrected chi connectivity index (χ4v) is 2.95. The average Bonchev–Trinajstić information content (AvgIpc) is 2.84. The van der Waals surface area contributed by atoms with Crippen molar-refractivity contribution in [2.75, 3.05) is 5.01 Å². The van der Waals surface area contributed by atoms with Crippen molar-refractivity contribution in [1.29, 1.82) is 0 Å². The third-order valence-electron chi connectivity index (χ3n) is 3.62. The van der Waals surface area contributed by atoms with Crippen molar-refractivity contribution in [3.05, 3.63) is 64.7 Å². The molecule has 0 aromatic heterocycles. The van der Waals surface area contributed by atoms with E-state index in [9.17, 15) is 13.2 Å². The molecule has 2 aromatic carbocycles. The predicted octanol–water partition coefficient (Wildman–Crippen LogP) is 3.39. The maximum absolute atomic E-state index is 12.6. The molecule has 0 atom stereocenters. The molecule has 0 spiro atoms. The van der Waals surface area contributed by atoms with E-state index in [1.807, 2.05) is 0 Å². The molecular weight excluding hydrogens is 364 g/mol. The van der Waals surface area contributed by atoms with Gasteiger partial charge in [0.25, 0.3) is 16.0 Å². The van der Waals surface area contributed by atoms with E-state index in [0.29, 0.717) is 22.0 Å². The van der Waals surface area contributed by atoms with Crippen molar-refractivity contribution in [1.82, 2.24) is 0 Å². The second-order valence-corrected chi connectivity index (χ2v) is 7.24.